The maximum Gasteiger partial charge on any atom is 0.0248 e. The molecule has 0 aliphatic rings. The standard InChI is InChI=1S/C18H12/c1-2-14-8-9-18-13-17(11-10-16(18)12-14)15-6-4-3-5-7-15/h1,3-13H. The lowest BCUT2D eigenvalue weighted by molar-refractivity contribution is 1.64. The van der Waals surface area contributed by atoms with Crippen LogP contribution in [0.25, 0.3) is 21.9 Å². The molecular formula is C18H12. The van der Waals surface area contributed by atoms with Gasteiger partial charge in [0.05, 0.1) is 0 Å². The molecule has 3 rings (SSSR count). The second-order valence-corrected chi connectivity index (χ2v) is 4.29. The van der Waals surface area contributed by atoms with Crippen LogP contribution in [0.3, 0.4) is 0 Å². The maximum absolute atomic E-state index is 5.41. The van der Waals surface area contributed by atoms with E-state index in [9.17, 15) is 0 Å². The molecule has 0 fully saturated rings. The van der Waals surface area contributed by atoms with Gasteiger partial charge in [0.25, 0.3) is 0 Å². The van der Waals surface area contributed by atoms with E-state index in [2.05, 4.69) is 54.5 Å². The van der Waals surface area contributed by atoms with Gasteiger partial charge in [-0.3, -0.25) is 0 Å². The molecular weight excluding hydrogens is 216 g/mol. The minimum atomic E-state index is 0.926. The first-order valence-corrected chi connectivity index (χ1v) is 5.93. The van der Waals surface area contributed by atoms with Gasteiger partial charge in [-0.25, -0.2) is 0 Å². The van der Waals surface area contributed by atoms with Gasteiger partial charge in [0.1, 0.15) is 0 Å². The summed E-state index contributed by atoms with van der Waals surface area (Å²) < 4.78 is 0. The summed E-state index contributed by atoms with van der Waals surface area (Å²) in [5.41, 5.74) is 3.40. The lowest BCUT2D eigenvalue weighted by Crippen LogP contribution is -1.80. The van der Waals surface area contributed by atoms with Gasteiger partial charge in [-0.15, -0.1) is 6.42 Å². The van der Waals surface area contributed by atoms with Crippen molar-refractivity contribution in [2.75, 3.05) is 0 Å². The van der Waals surface area contributed by atoms with Crippen molar-refractivity contribution in [1.29, 1.82) is 0 Å². The fourth-order valence-electron chi connectivity index (χ4n) is 2.15. The van der Waals surface area contributed by atoms with Crippen LogP contribution in [0.5, 0.6) is 0 Å². The molecule has 0 N–H and O–H groups in total. The zero-order valence-electron chi connectivity index (χ0n) is 9.93. The number of benzene rings is 3. The van der Waals surface area contributed by atoms with Gasteiger partial charge in [-0.05, 0) is 40.1 Å². The highest BCUT2D eigenvalue weighted by Crippen LogP contribution is 2.24. The molecule has 0 nitrogen and oxygen atoms in total. The molecule has 0 radical (unpaired) electrons. The Morgan fingerprint density at radius 3 is 2.17 bits per heavy atom. The predicted octanol–water partition coefficient (Wildman–Crippen LogP) is 4.49. The van der Waals surface area contributed by atoms with Crippen molar-refractivity contribution in [2.45, 2.75) is 0 Å². The number of fused-ring (bicyclic) bond motifs is 1. The quantitative estimate of drug-likeness (QED) is 0.538. The van der Waals surface area contributed by atoms with E-state index in [1.807, 2.05) is 18.2 Å². The molecule has 0 aromatic heterocycles. The molecule has 3 aromatic carbocycles. The van der Waals surface area contributed by atoms with E-state index in [0.717, 1.165) is 5.56 Å². The molecule has 0 aliphatic heterocycles. The summed E-state index contributed by atoms with van der Waals surface area (Å²) in [5, 5.41) is 2.40. The van der Waals surface area contributed by atoms with Crippen molar-refractivity contribution in [3.63, 3.8) is 0 Å². The lowest BCUT2D eigenvalue weighted by Gasteiger charge is -2.04. The van der Waals surface area contributed by atoms with Gasteiger partial charge in [-0.1, -0.05) is 54.5 Å². The number of hydrogen-bond acceptors (Lipinski definition) is 0. The van der Waals surface area contributed by atoms with Gasteiger partial charge in [0.15, 0.2) is 0 Å². The first kappa shape index (κ1) is 10.6. The van der Waals surface area contributed by atoms with E-state index < -0.39 is 0 Å². The Balaban J connectivity index is 2.16. The summed E-state index contributed by atoms with van der Waals surface area (Å²) >= 11 is 0. The first-order valence-electron chi connectivity index (χ1n) is 5.93. The molecule has 0 bridgehead atoms. The molecule has 84 valence electrons. The third kappa shape index (κ3) is 1.87. The first-order chi connectivity index (χ1) is 8.86. The second kappa shape index (κ2) is 4.39. The Morgan fingerprint density at radius 2 is 1.39 bits per heavy atom. The molecule has 0 unspecified atom stereocenters. The van der Waals surface area contributed by atoms with Crippen LogP contribution in [-0.2, 0) is 0 Å². The third-order valence-corrected chi connectivity index (χ3v) is 3.11. The Morgan fingerprint density at radius 1 is 0.667 bits per heavy atom. The highest BCUT2D eigenvalue weighted by molar-refractivity contribution is 5.88. The number of terminal acetylenes is 1. The van der Waals surface area contributed by atoms with Crippen LogP contribution >= 0.6 is 0 Å². The van der Waals surface area contributed by atoms with Gasteiger partial charge >= 0.3 is 0 Å². The fraction of sp³-hybridized carbons (Fsp3) is 0. The van der Waals surface area contributed by atoms with Crippen LogP contribution in [-0.4, -0.2) is 0 Å². The summed E-state index contributed by atoms with van der Waals surface area (Å²) in [4.78, 5) is 0. The highest BCUT2D eigenvalue weighted by atomic mass is 14.0. The Bertz CT molecular complexity index is 731. The molecule has 0 saturated carbocycles. The summed E-state index contributed by atoms with van der Waals surface area (Å²) in [6.07, 6.45) is 5.41. The summed E-state index contributed by atoms with van der Waals surface area (Å²) in [7, 11) is 0. The lowest BCUT2D eigenvalue weighted by atomic mass is 10.0. The van der Waals surface area contributed by atoms with Crippen molar-refractivity contribution in [1.82, 2.24) is 0 Å². The molecule has 0 aliphatic carbocycles. The monoisotopic (exact) mass is 228 g/mol. The number of rotatable bonds is 1. The van der Waals surface area contributed by atoms with Crippen LogP contribution in [0.2, 0.25) is 0 Å². The van der Waals surface area contributed by atoms with Crippen LogP contribution in [0, 0.1) is 12.3 Å². The summed E-state index contributed by atoms with van der Waals surface area (Å²) in [5.74, 6) is 2.67. The summed E-state index contributed by atoms with van der Waals surface area (Å²) in [6.45, 7) is 0. The fourth-order valence-corrected chi connectivity index (χ4v) is 2.15. The van der Waals surface area contributed by atoms with Gasteiger partial charge in [0.2, 0.25) is 0 Å². The van der Waals surface area contributed by atoms with Gasteiger partial charge in [-0.2, -0.15) is 0 Å². The molecule has 18 heavy (non-hydrogen) atoms. The highest BCUT2D eigenvalue weighted by Gasteiger charge is 1.99. The Labute approximate surface area is 107 Å². The topological polar surface area (TPSA) is 0 Å². The maximum atomic E-state index is 5.41. The van der Waals surface area contributed by atoms with Crippen molar-refractivity contribution in [2.24, 2.45) is 0 Å². The van der Waals surface area contributed by atoms with Gasteiger partial charge in [0, 0.05) is 5.56 Å². The van der Waals surface area contributed by atoms with E-state index in [0.29, 0.717) is 0 Å². The van der Waals surface area contributed by atoms with E-state index in [1.54, 1.807) is 0 Å². The molecule has 0 saturated heterocycles. The molecule has 0 heterocycles. The van der Waals surface area contributed by atoms with Gasteiger partial charge < -0.3 is 0 Å². The average molecular weight is 228 g/mol. The van der Waals surface area contributed by atoms with Crippen molar-refractivity contribution < 1.29 is 0 Å². The van der Waals surface area contributed by atoms with Crippen LogP contribution in [0.1, 0.15) is 5.56 Å². The molecule has 0 heteroatoms. The Hall–Kier alpha value is -2.52. The van der Waals surface area contributed by atoms with Crippen molar-refractivity contribution in [3.8, 4) is 23.5 Å². The van der Waals surface area contributed by atoms with Crippen LogP contribution < -0.4 is 0 Å². The molecule has 0 spiro atoms. The second-order valence-electron chi connectivity index (χ2n) is 4.29. The predicted molar refractivity (Wildman–Crippen MR) is 77.3 cm³/mol. The third-order valence-electron chi connectivity index (χ3n) is 3.11. The minimum absolute atomic E-state index is 0.926. The average Bonchev–Trinajstić information content (AvgIpc) is 2.47. The smallest absolute Gasteiger partial charge is 0.0248 e. The van der Waals surface area contributed by atoms with Crippen LogP contribution in [0.15, 0.2) is 66.7 Å². The van der Waals surface area contributed by atoms with E-state index in [1.165, 1.54) is 21.9 Å². The zero-order chi connectivity index (χ0) is 12.4. The largest absolute Gasteiger partial charge is 0.115 e. The molecule has 3 aromatic rings. The van der Waals surface area contributed by atoms with Crippen molar-refractivity contribution >= 4 is 10.8 Å². The van der Waals surface area contributed by atoms with E-state index in [4.69, 9.17) is 6.42 Å². The zero-order valence-corrected chi connectivity index (χ0v) is 9.93. The van der Waals surface area contributed by atoms with E-state index in [-0.39, 0.29) is 0 Å². The Kier molecular flexibility index (Phi) is 2.59. The van der Waals surface area contributed by atoms with Crippen LogP contribution in [0.4, 0.5) is 0 Å². The molecule has 0 atom stereocenters. The SMILES string of the molecule is C#Cc1ccc2cc(-c3ccccc3)ccc2c1. The number of hydrogen-bond donors (Lipinski definition) is 0. The molecule has 0 amide bonds. The minimum Gasteiger partial charge on any atom is -0.115 e. The van der Waals surface area contributed by atoms with Crippen molar-refractivity contribution in [3.05, 3.63) is 72.3 Å². The normalized spacial score (nSPS) is 10.2. The van der Waals surface area contributed by atoms with E-state index >= 15 is 0 Å². The summed E-state index contributed by atoms with van der Waals surface area (Å²) in [6, 6.07) is 23.0.